The fourth-order valence-corrected chi connectivity index (χ4v) is 1.03. The van der Waals surface area contributed by atoms with Gasteiger partial charge in [-0.15, -0.1) is 0 Å². The summed E-state index contributed by atoms with van der Waals surface area (Å²) in [4.78, 5) is 11.1. The normalized spacial score (nSPS) is 12.9. The van der Waals surface area contributed by atoms with Crippen molar-refractivity contribution in [3.05, 3.63) is 35.4 Å². The number of rotatable bonds is 2. The topological polar surface area (TPSA) is 40.9 Å². The van der Waals surface area contributed by atoms with Gasteiger partial charge in [-0.1, -0.05) is 12.1 Å². The minimum absolute atomic E-state index is 0.262. The summed E-state index contributed by atoms with van der Waals surface area (Å²) < 4.78 is 49.0. The van der Waals surface area contributed by atoms with Crippen LogP contribution in [-0.4, -0.2) is 12.0 Å². The number of halogens is 4. The van der Waals surface area contributed by atoms with Crippen LogP contribution in [0.1, 0.15) is 15.9 Å². The fourth-order valence-electron chi connectivity index (χ4n) is 1.03. The number of carbonyl (C=O) groups is 1. The Bertz CT molecular complexity index is 430. The van der Waals surface area contributed by atoms with Crippen molar-refractivity contribution in [1.82, 2.24) is 0 Å². The summed E-state index contributed by atoms with van der Waals surface area (Å²) in [6, 6.07) is 4.08. The van der Waals surface area contributed by atoms with E-state index in [1.54, 1.807) is 0 Å². The summed E-state index contributed by atoms with van der Waals surface area (Å²) in [5.74, 6) is -1.14. The first-order valence-electron chi connectivity index (χ1n) is 4.11. The molecule has 1 rings (SSSR count). The highest BCUT2D eigenvalue weighted by Crippen LogP contribution is 2.29. The molecule has 0 aliphatic rings. The fraction of sp³-hybridized carbons (Fsp3) is 0.200. The van der Waals surface area contributed by atoms with Crippen LogP contribution in [0.2, 0.25) is 0 Å². The number of benzene rings is 1. The van der Waals surface area contributed by atoms with Gasteiger partial charge in [0.25, 0.3) is 0 Å². The first-order valence-corrected chi connectivity index (χ1v) is 4.11. The maximum absolute atomic E-state index is 12.6. The first-order chi connectivity index (χ1) is 7.36. The SMILES string of the molecule is N#CC(F)C(=O)c1ccc(C(F)(F)F)cc1. The van der Waals surface area contributed by atoms with Crippen LogP contribution < -0.4 is 0 Å². The molecule has 0 spiro atoms. The van der Waals surface area contributed by atoms with Crippen LogP contribution in [0.15, 0.2) is 24.3 Å². The molecule has 0 fully saturated rings. The third-order valence-electron chi connectivity index (χ3n) is 1.84. The average Bonchev–Trinajstić information content (AvgIpc) is 2.26. The highest BCUT2D eigenvalue weighted by Gasteiger charge is 2.30. The molecule has 2 nitrogen and oxygen atoms in total. The Morgan fingerprint density at radius 1 is 1.25 bits per heavy atom. The number of alkyl halides is 4. The maximum atomic E-state index is 12.6. The summed E-state index contributed by atoms with van der Waals surface area (Å²) in [5, 5.41) is 8.12. The highest BCUT2D eigenvalue weighted by atomic mass is 19.4. The van der Waals surface area contributed by atoms with E-state index >= 15 is 0 Å². The summed E-state index contributed by atoms with van der Waals surface area (Å²) >= 11 is 0. The van der Waals surface area contributed by atoms with E-state index in [1.165, 1.54) is 0 Å². The van der Waals surface area contributed by atoms with Crippen molar-refractivity contribution in [3.8, 4) is 6.07 Å². The Morgan fingerprint density at radius 2 is 1.75 bits per heavy atom. The number of hydrogen-bond donors (Lipinski definition) is 0. The number of hydrogen-bond acceptors (Lipinski definition) is 2. The van der Waals surface area contributed by atoms with Gasteiger partial charge in [-0.3, -0.25) is 4.79 Å². The van der Waals surface area contributed by atoms with Gasteiger partial charge in [0.15, 0.2) is 0 Å². The Labute approximate surface area is 88.1 Å². The van der Waals surface area contributed by atoms with Crippen molar-refractivity contribution in [2.45, 2.75) is 12.3 Å². The largest absolute Gasteiger partial charge is 0.416 e. The van der Waals surface area contributed by atoms with Crippen LogP contribution >= 0.6 is 0 Å². The zero-order chi connectivity index (χ0) is 12.3. The van der Waals surface area contributed by atoms with Crippen LogP contribution in [0.25, 0.3) is 0 Å². The predicted molar refractivity (Wildman–Crippen MR) is 46.3 cm³/mol. The molecule has 1 atom stereocenters. The molecule has 0 aromatic heterocycles. The summed E-state index contributed by atoms with van der Waals surface area (Å²) in [5.41, 5.74) is -1.20. The first kappa shape index (κ1) is 12.2. The predicted octanol–water partition coefficient (Wildman–Crippen LogP) is 2.75. The minimum atomic E-state index is -4.51. The number of nitrogens with zero attached hydrogens (tertiary/aromatic N) is 1. The van der Waals surface area contributed by atoms with Gasteiger partial charge in [0.05, 0.1) is 5.56 Å². The minimum Gasteiger partial charge on any atom is -0.290 e. The molecular weight excluding hydrogens is 226 g/mol. The lowest BCUT2D eigenvalue weighted by Gasteiger charge is -2.06. The van der Waals surface area contributed by atoms with E-state index < -0.39 is 23.7 Å². The van der Waals surface area contributed by atoms with Crippen LogP contribution in [0.4, 0.5) is 17.6 Å². The lowest BCUT2D eigenvalue weighted by molar-refractivity contribution is -0.137. The molecule has 1 aromatic carbocycles. The van der Waals surface area contributed by atoms with Gasteiger partial charge in [0, 0.05) is 5.56 Å². The van der Waals surface area contributed by atoms with E-state index in [0.717, 1.165) is 18.2 Å². The molecule has 0 bridgehead atoms. The van der Waals surface area contributed by atoms with Gasteiger partial charge in [-0.05, 0) is 12.1 Å². The lowest BCUT2D eigenvalue weighted by atomic mass is 10.1. The Balaban J connectivity index is 2.97. The Hall–Kier alpha value is -1.90. The van der Waals surface area contributed by atoms with Crippen LogP contribution in [-0.2, 0) is 6.18 Å². The quantitative estimate of drug-likeness (QED) is 0.580. The van der Waals surface area contributed by atoms with Crippen LogP contribution in [0.5, 0.6) is 0 Å². The van der Waals surface area contributed by atoms with E-state index in [1.807, 2.05) is 0 Å². The van der Waals surface area contributed by atoms with Crippen LogP contribution in [0, 0.1) is 11.3 Å². The summed E-state index contributed by atoms with van der Waals surface area (Å²) in [6.07, 6.45) is -6.86. The second kappa shape index (κ2) is 4.31. The molecule has 0 aliphatic heterocycles. The zero-order valence-corrected chi connectivity index (χ0v) is 7.75. The summed E-state index contributed by atoms with van der Waals surface area (Å²) in [6.45, 7) is 0. The molecule has 0 radical (unpaired) electrons. The molecule has 1 unspecified atom stereocenters. The molecule has 1 aromatic rings. The van der Waals surface area contributed by atoms with E-state index in [9.17, 15) is 22.4 Å². The van der Waals surface area contributed by atoms with Gasteiger partial charge < -0.3 is 0 Å². The molecule has 6 heteroatoms. The van der Waals surface area contributed by atoms with Gasteiger partial charge in [-0.2, -0.15) is 18.4 Å². The smallest absolute Gasteiger partial charge is 0.290 e. The zero-order valence-electron chi connectivity index (χ0n) is 7.75. The number of ketones is 1. The van der Waals surface area contributed by atoms with Crippen LogP contribution in [0.3, 0.4) is 0 Å². The number of Topliss-reactive ketones (excluding diaryl/α,β-unsaturated/α-hetero) is 1. The van der Waals surface area contributed by atoms with E-state index in [2.05, 4.69) is 0 Å². The molecule has 16 heavy (non-hydrogen) atoms. The number of carbonyl (C=O) groups excluding carboxylic acids is 1. The van der Waals surface area contributed by atoms with Crippen molar-refractivity contribution >= 4 is 5.78 Å². The second-order valence-electron chi connectivity index (χ2n) is 2.93. The Morgan fingerprint density at radius 3 is 2.12 bits per heavy atom. The molecule has 0 saturated heterocycles. The average molecular weight is 231 g/mol. The molecular formula is C10H5F4NO. The van der Waals surface area contributed by atoms with Gasteiger partial charge in [0.1, 0.15) is 6.07 Å². The summed E-state index contributed by atoms with van der Waals surface area (Å²) in [7, 11) is 0. The van der Waals surface area contributed by atoms with E-state index in [0.29, 0.717) is 12.1 Å². The third-order valence-corrected chi connectivity index (χ3v) is 1.84. The van der Waals surface area contributed by atoms with E-state index in [-0.39, 0.29) is 5.56 Å². The monoisotopic (exact) mass is 231 g/mol. The molecule has 0 aliphatic carbocycles. The molecule has 84 valence electrons. The highest BCUT2D eigenvalue weighted by molar-refractivity contribution is 6.01. The second-order valence-corrected chi connectivity index (χ2v) is 2.93. The molecule has 0 heterocycles. The lowest BCUT2D eigenvalue weighted by Crippen LogP contribution is -2.14. The molecule has 0 N–H and O–H groups in total. The van der Waals surface area contributed by atoms with Crippen molar-refractivity contribution in [2.24, 2.45) is 0 Å². The number of nitriles is 1. The standard InChI is InChI=1S/C10H5F4NO/c11-8(5-15)9(16)6-1-3-7(4-2-6)10(12,13)14/h1-4,8H. The van der Waals surface area contributed by atoms with Crippen molar-refractivity contribution < 1.29 is 22.4 Å². The molecule has 0 amide bonds. The van der Waals surface area contributed by atoms with E-state index in [4.69, 9.17) is 5.26 Å². The van der Waals surface area contributed by atoms with Gasteiger partial charge in [-0.25, -0.2) is 4.39 Å². The maximum Gasteiger partial charge on any atom is 0.416 e. The van der Waals surface area contributed by atoms with Crippen molar-refractivity contribution in [2.75, 3.05) is 0 Å². The Kier molecular flexibility index (Phi) is 3.28. The molecule has 0 saturated carbocycles. The van der Waals surface area contributed by atoms with Crippen molar-refractivity contribution in [1.29, 1.82) is 5.26 Å². The third kappa shape index (κ3) is 2.57. The van der Waals surface area contributed by atoms with Crippen molar-refractivity contribution in [3.63, 3.8) is 0 Å². The van der Waals surface area contributed by atoms with Gasteiger partial charge in [0.2, 0.25) is 12.0 Å². The van der Waals surface area contributed by atoms with Gasteiger partial charge >= 0.3 is 6.18 Å².